The molecule has 0 bridgehead atoms. The molecule has 14 heavy (non-hydrogen) atoms. The number of rotatable bonds is 2. The van der Waals surface area contributed by atoms with Gasteiger partial charge in [-0.3, -0.25) is 4.79 Å². The van der Waals surface area contributed by atoms with E-state index in [2.05, 4.69) is 18.4 Å². The molecule has 4 nitrogen and oxygen atoms in total. The second-order valence-electron chi connectivity index (χ2n) is 4.91. The maximum Gasteiger partial charge on any atom is 0.329 e. The van der Waals surface area contributed by atoms with Crippen molar-refractivity contribution in [2.24, 2.45) is 0 Å². The first-order valence-electron chi connectivity index (χ1n) is 4.80. The molecule has 1 fully saturated rings. The van der Waals surface area contributed by atoms with Crippen LogP contribution in [0, 0.1) is 0 Å². The molecule has 1 amide bonds. The smallest absolute Gasteiger partial charge is 0.329 e. The Bertz CT molecular complexity index is 277. The molecule has 0 aromatic heterocycles. The predicted molar refractivity (Wildman–Crippen MR) is 55.9 cm³/mol. The molecule has 1 aliphatic heterocycles. The Labute approximate surface area is 84.7 Å². The van der Waals surface area contributed by atoms with Crippen LogP contribution in [0.25, 0.3) is 0 Å². The van der Waals surface area contributed by atoms with Crippen molar-refractivity contribution >= 4 is 20.0 Å². The highest BCUT2D eigenvalue weighted by Gasteiger charge is 2.50. The third kappa shape index (κ3) is 2.15. The van der Waals surface area contributed by atoms with E-state index < -0.39 is 19.6 Å². The Morgan fingerprint density at radius 2 is 2.00 bits per heavy atom. The van der Waals surface area contributed by atoms with Gasteiger partial charge in [0.2, 0.25) is 5.91 Å². The van der Waals surface area contributed by atoms with E-state index in [1.165, 1.54) is 6.92 Å². The third-order valence-corrected chi connectivity index (χ3v) is 6.00. The second-order valence-corrected chi connectivity index (χ2v) is 10.1. The molecule has 1 atom stereocenters. The number of amides is 1. The lowest BCUT2D eigenvalue weighted by Crippen LogP contribution is -2.52. The van der Waals surface area contributed by atoms with Crippen molar-refractivity contribution in [3.63, 3.8) is 0 Å². The third-order valence-electron chi connectivity index (χ3n) is 2.83. The highest BCUT2D eigenvalue weighted by molar-refractivity contribution is 6.78. The summed E-state index contributed by atoms with van der Waals surface area (Å²) in [5, 5.41) is 11.8. The largest absolute Gasteiger partial charge is 0.480 e. The summed E-state index contributed by atoms with van der Waals surface area (Å²) >= 11 is 0. The van der Waals surface area contributed by atoms with Crippen LogP contribution in [0.5, 0.6) is 0 Å². The first kappa shape index (κ1) is 11.2. The fourth-order valence-corrected chi connectivity index (χ4v) is 5.56. The Morgan fingerprint density at radius 1 is 1.43 bits per heavy atom. The van der Waals surface area contributed by atoms with Crippen molar-refractivity contribution in [3.8, 4) is 0 Å². The second kappa shape index (κ2) is 3.38. The van der Waals surface area contributed by atoms with Crippen molar-refractivity contribution in [2.75, 3.05) is 0 Å². The zero-order chi connectivity index (χ0) is 11.0. The molecule has 0 spiro atoms. The number of carboxylic acid groups (broad SMARTS) is 1. The molecule has 1 saturated heterocycles. The fourth-order valence-electron chi connectivity index (χ4n) is 2.23. The van der Waals surface area contributed by atoms with Crippen LogP contribution in [0.4, 0.5) is 0 Å². The molecule has 1 heterocycles. The summed E-state index contributed by atoms with van der Waals surface area (Å²) in [4.78, 5) is 22.1. The van der Waals surface area contributed by atoms with Crippen LogP contribution in [0.2, 0.25) is 25.2 Å². The maximum absolute atomic E-state index is 11.2. The molecule has 0 radical (unpaired) electrons. The summed E-state index contributed by atoms with van der Waals surface area (Å²) in [6, 6.07) is 1.62. The minimum absolute atomic E-state index is 0.251. The lowest BCUT2D eigenvalue weighted by molar-refractivity contribution is -0.146. The molecule has 1 rings (SSSR count). The van der Waals surface area contributed by atoms with Crippen LogP contribution in [0.3, 0.4) is 0 Å². The van der Waals surface area contributed by atoms with Crippen LogP contribution < -0.4 is 5.32 Å². The van der Waals surface area contributed by atoms with E-state index in [1.807, 2.05) is 0 Å². The van der Waals surface area contributed by atoms with Crippen LogP contribution in [-0.2, 0) is 9.59 Å². The maximum atomic E-state index is 11.2. The summed E-state index contributed by atoms with van der Waals surface area (Å²) in [7, 11) is -1.40. The molecule has 0 aliphatic carbocycles. The molecule has 2 N–H and O–H groups in total. The Balaban J connectivity index is 2.86. The number of hydrogen-bond acceptors (Lipinski definition) is 2. The number of nitrogens with one attached hydrogen (secondary N) is 1. The highest BCUT2D eigenvalue weighted by atomic mass is 28.3. The van der Waals surface area contributed by atoms with Gasteiger partial charge in [-0.15, -0.1) is 0 Å². The zero-order valence-corrected chi connectivity index (χ0v) is 9.89. The van der Waals surface area contributed by atoms with Gasteiger partial charge in [-0.1, -0.05) is 19.1 Å². The lowest BCUT2D eigenvalue weighted by atomic mass is 9.99. The van der Waals surface area contributed by atoms with E-state index in [1.54, 1.807) is 0 Å². The SMILES string of the molecule is CC(=O)NC1(C(=O)O)CC[Si](C)(C)C1. The van der Waals surface area contributed by atoms with E-state index in [0.717, 1.165) is 6.04 Å². The van der Waals surface area contributed by atoms with E-state index in [0.29, 0.717) is 12.5 Å². The monoisotopic (exact) mass is 215 g/mol. The molecular weight excluding hydrogens is 198 g/mol. The van der Waals surface area contributed by atoms with Crippen LogP contribution in [0.1, 0.15) is 13.3 Å². The molecule has 5 heteroatoms. The van der Waals surface area contributed by atoms with Crippen molar-refractivity contribution in [2.45, 2.75) is 44.1 Å². The molecule has 0 saturated carbocycles. The fraction of sp³-hybridized carbons (Fsp3) is 0.778. The van der Waals surface area contributed by atoms with E-state index >= 15 is 0 Å². The highest BCUT2D eigenvalue weighted by Crippen LogP contribution is 2.38. The molecule has 1 unspecified atom stereocenters. The lowest BCUT2D eigenvalue weighted by Gasteiger charge is -2.26. The molecule has 0 aromatic rings. The number of carbonyl (C=O) groups excluding carboxylic acids is 1. The van der Waals surface area contributed by atoms with Gasteiger partial charge in [0.05, 0.1) is 8.07 Å². The molecule has 1 aliphatic rings. The van der Waals surface area contributed by atoms with Crippen LogP contribution >= 0.6 is 0 Å². The summed E-state index contributed by atoms with van der Waals surface area (Å²) in [5.41, 5.74) is -0.971. The minimum atomic E-state index is -1.40. The van der Waals surface area contributed by atoms with Gasteiger partial charge < -0.3 is 10.4 Å². The van der Waals surface area contributed by atoms with Gasteiger partial charge in [0.15, 0.2) is 0 Å². The summed E-state index contributed by atoms with van der Waals surface area (Å²) in [5.74, 6) is -1.13. The minimum Gasteiger partial charge on any atom is -0.480 e. The van der Waals surface area contributed by atoms with Gasteiger partial charge in [-0.25, -0.2) is 4.79 Å². The Kier molecular flexibility index (Phi) is 2.71. The van der Waals surface area contributed by atoms with Gasteiger partial charge in [0.25, 0.3) is 0 Å². The first-order valence-corrected chi connectivity index (χ1v) is 8.21. The van der Waals surface area contributed by atoms with Crippen molar-refractivity contribution < 1.29 is 14.7 Å². The Hall–Kier alpha value is -0.843. The van der Waals surface area contributed by atoms with Crippen molar-refractivity contribution in [1.29, 1.82) is 0 Å². The number of carboxylic acids is 1. The van der Waals surface area contributed by atoms with Crippen molar-refractivity contribution in [1.82, 2.24) is 5.32 Å². The quantitative estimate of drug-likeness (QED) is 0.677. The van der Waals surface area contributed by atoms with Crippen LogP contribution in [0.15, 0.2) is 0 Å². The van der Waals surface area contributed by atoms with E-state index in [9.17, 15) is 9.59 Å². The standard InChI is InChI=1S/C9H17NO3Si/c1-7(11)10-9(8(12)13)4-5-14(2,3)6-9/h4-6H2,1-3H3,(H,10,11)(H,12,13). The Morgan fingerprint density at radius 3 is 2.29 bits per heavy atom. The normalized spacial score (nSPS) is 29.9. The summed E-state index contributed by atoms with van der Waals surface area (Å²) < 4.78 is 0. The number of hydrogen-bond donors (Lipinski definition) is 2. The average molecular weight is 215 g/mol. The molecule has 80 valence electrons. The van der Waals surface area contributed by atoms with E-state index in [-0.39, 0.29) is 5.91 Å². The average Bonchev–Trinajstić information content (AvgIpc) is 2.26. The van der Waals surface area contributed by atoms with Crippen molar-refractivity contribution in [3.05, 3.63) is 0 Å². The summed E-state index contributed by atoms with van der Waals surface area (Å²) in [6.45, 7) is 5.70. The molecule has 0 aromatic carbocycles. The van der Waals surface area contributed by atoms with Gasteiger partial charge in [-0.2, -0.15) is 0 Å². The van der Waals surface area contributed by atoms with Gasteiger partial charge in [0.1, 0.15) is 5.54 Å². The van der Waals surface area contributed by atoms with Gasteiger partial charge >= 0.3 is 5.97 Å². The zero-order valence-electron chi connectivity index (χ0n) is 8.89. The van der Waals surface area contributed by atoms with Gasteiger partial charge in [-0.05, 0) is 12.5 Å². The van der Waals surface area contributed by atoms with Crippen LogP contribution in [-0.4, -0.2) is 30.6 Å². The number of aliphatic carboxylic acids is 1. The topological polar surface area (TPSA) is 66.4 Å². The number of carbonyl (C=O) groups is 2. The van der Waals surface area contributed by atoms with Gasteiger partial charge in [0, 0.05) is 6.92 Å². The molecular formula is C9H17NO3Si. The first-order chi connectivity index (χ1) is 6.27. The predicted octanol–water partition coefficient (Wildman–Crippen LogP) is 1.06. The van der Waals surface area contributed by atoms with E-state index in [4.69, 9.17) is 5.11 Å². The summed E-state index contributed by atoms with van der Waals surface area (Å²) in [6.07, 6.45) is 0.584.